The second kappa shape index (κ2) is 6.07. The smallest absolute Gasteiger partial charge is 0.231 e. The zero-order valence-electron chi connectivity index (χ0n) is 12.6. The van der Waals surface area contributed by atoms with Crippen molar-refractivity contribution in [3.05, 3.63) is 23.6 Å². The maximum absolute atomic E-state index is 12.6. The van der Waals surface area contributed by atoms with Crippen molar-refractivity contribution in [1.29, 1.82) is 0 Å². The molecule has 2 aliphatic rings. The van der Waals surface area contributed by atoms with Crippen molar-refractivity contribution in [2.45, 2.75) is 38.0 Å². The second-order valence-electron chi connectivity index (χ2n) is 6.04. The van der Waals surface area contributed by atoms with Crippen LogP contribution in [0.15, 0.2) is 23.6 Å². The Morgan fingerprint density at radius 3 is 3.09 bits per heavy atom. The summed E-state index contributed by atoms with van der Waals surface area (Å²) >= 11 is 1.60. The van der Waals surface area contributed by atoms with Crippen molar-refractivity contribution in [2.75, 3.05) is 11.9 Å². The fraction of sp³-hybridized carbons (Fsp3) is 0.500. The highest BCUT2D eigenvalue weighted by molar-refractivity contribution is 7.13. The van der Waals surface area contributed by atoms with Crippen molar-refractivity contribution < 1.29 is 14.6 Å². The van der Waals surface area contributed by atoms with Crippen LogP contribution in [0.2, 0.25) is 0 Å². The lowest BCUT2D eigenvalue weighted by atomic mass is 9.88. The number of fused-ring (bicyclic) bond motifs is 2. The number of hydrogen-bond acceptors (Lipinski definition) is 5. The largest absolute Gasteiger partial charge is 0.394 e. The lowest BCUT2D eigenvalue weighted by Gasteiger charge is -2.18. The summed E-state index contributed by atoms with van der Waals surface area (Å²) in [6.45, 7) is 0.333. The van der Waals surface area contributed by atoms with Gasteiger partial charge >= 0.3 is 0 Å². The lowest BCUT2D eigenvalue weighted by molar-refractivity contribution is -0.121. The van der Waals surface area contributed by atoms with Crippen molar-refractivity contribution in [3.8, 4) is 10.6 Å². The Bertz CT molecular complexity index is 697. The zero-order chi connectivity index (χ0) is 15.8. The Balaban J connectivity index is 1.54. The van der Waals surface area contributed by atoms with E-state index in [1.807, 2.05) is 23.6 Å². The monoisotopic (exact) mass is 333 g/mol. The molecule has 122 valence electrons. The van der Waals surface area contributed by atoms with Crippen LogP contribution in [0, 0.1) is 5.92 Å². The highest BCUT2D eigenvalue weighted by atomic mass is 32.1. The average Bonchev–Trinajstić information content (AvgIpc) is 3.32. The van der Waals surface area contributed by atoms with Crippen LogP contribution in [0.4, 0.5) is 5.82 Å². The van der Waals surface area contributed by atoms with Gasteiger partial charge < -0.3 is 15.2 Å². The predicted octanol–water partition coefficient (Wildman–Crippen LogP) is 2.11. The Morgan fingerprint density at radius 2 is 2.43 bits per heavy atom. The van der Waals surface area contributed by atoms with Crippen molar-refractivity contribution >= 4 is 23.1 Å². The van der Waals surface area contributed by atoms with Crippen LogP contribution in [0.5, 0.6) is 0 Å². The number of carbonyl (C=O) groups is 1. The molecule has 0 saturated carbocycles. The number of nitrogens with zero attached hydrogens (tertiary/aromatic N) is 2. The van der Waals surface area contributed by atoms with Gasteiger partial charge in [-0.05, 0) is 30.7 Å². The fourth-order valence-electron chi connectivity index (χ4n) is 3.46. The molecule has 6 nitrogen and oxygen atoms in total. The number of amides is 1. The van der Waals surface area contributed by atoms with E-state index in [1.54, 1.807) is 16.0 Å². The van der Waals surface area contributed by atoms with Crippen molar-refractivity contribution in [2.24, 2.45) is 5.92 Å². The second-order valence-corrected chi connectivity index (χ2v) is 6.99. The van der Waals surface area contributed by atoms with Gasteiger partial charge in [0.25, 0.3) is 0 Å². The van der Waals surface area contributed by atoms with E-state index in [9.17, 15) is 9.90 Å². The zero-order valence-corrected chi connectivity index (χ0v) is 13.5. The van der Waals surface area contributed by atoms with Gasteiger partial charge in [-0.3, -0.25) is 4.79 Å². The van der Waals surface area contributed by atoms with Crippen LogP contribution in [0.1, 0.15) is 19.3 Å². The third-order valence-electron chi connectivity index (χ3n) is 4.56. The highest BCUT2D eigenvalue weighted by Crippen LogP contribution is 2.39. The minimum atomic E-state index is -0.0728. The van der Waals surface area contributed by atoms with Crippen LogP contribution in [-0.2, 0) is 16.1 Å². The van der Waals surface area contributed by atoms with Gasteiger partial charge in [-0.2, -0.15) is 5.10 Å². The number of thiophene rings is 1. The predicted molar refractivity (Wildman–Crippen MR) is 87.3 cm³/mol. The molecule has 0 aromatic carbocycles. The summed E-state index contributed by atoms with van der Waals surface area (Å²) in [6.07, 6.45) is 3.16. The van der Waals surface area contributed by atoms with E-state index in [-0.39, 0.29) is 30.6 Å². The first kappa shape index (κ1) is 14.9. The molecule has 2 fully saturated rings. The summed E-state index contributed by atoms with van der Waals surface area (Å²) < 4.78 is 7.42. The quantitative estimate of drug-likeness (QED) is 0.879. The molecule has 0 spiro atoms. The SMILES string of the molecule is O=C(Nc1cc(-c2cccs2)nn1CCO)C1CC2CCC1O2. The van der Waals surface area contributed by atoms with Gasteiger partial charge in [0.05, 0.1) is 36.2 Å². The topological polar surface area (TPSA) is 76.4 Å². The summed E-state index contributed by atoms with van der Waals surface area (Å²) in [6, 6.07) is 5.83. The molecular formula is C16H19N3O3S. The molecule has 4 rings (SSSR count). The molecule has 23 heavy (non-hydrogen) atoms. The molecule has 2 bridgehead atoms. The molecule has 2 aromatic heterocycles. The van der Waals surface area contributed by atoms with Gasteiger partial charge in [0.2, 0.25) is 5.91 Å². The van der Waals surface area contributed by atoms with Gasteiger partial charge in [0.15, 0.2) is 0 Å². The van der Waals surface area contributed by atoms with Crippen LogP contribution in [0.3, 0.4) is 0 Å². The number of ether oxygens (including phenoxy) is 1. The van der Waals surface area contributed by atoms with E-state index in [4.69, 9.17) is 4.74 Å². The van der Waals surface area contributed by atoms with E-state index in [1.165, 1.54) is 0 Å². The molecule has 4 heterocycles. The van der Waals surface area contributed by atoms with E-state index < -0.39 is 0 Å². The van der Waals surface area contributed by atoms with Crippen LogP contribution >= 0.6 is 11.3 Å². The maximum Gasteiger partial charge on any atom is 0.231 e. The van der Waals surface area contributed by atoms with Gasteiger partial charge in [0, 0.05) is 6.07 Å². The number of hydrogen-bond donors (Lipinski definition) is 2. The average molecular weight is 333 g/mol. The highest BCUT2D eigenvalue weighted by Gasteiger charge is 2.44. The normalized spacial score (nSPS) is 25.9. The standard InChI is InChI=1S/C16H19N3O3S/c20-6-5-19-15(9-12(18-19)14-2-1-7-23-14)17-16(21)11-8-10-3-4-13(11)22-10/h1-2,7,9-11,13,20H,3-6,8H2,(H,17,21). The Labute approximate surface area is 138 Å². The Kier molecular flexibility index (Phi) is 3.92. The Morgan fingerprint density at radius 1 is 1.52 bits per heavy atom. The third kappa shape index (κ3) is 2.80. The molecule has 7 heteroatoms. The lowest BCUT2D eigenvalue weighted by Crippen LogP contribution is -2.31. The minimum absolute atomic E-state index is 0.00554. The van der Waals surface area contributed by atoms with Gasteiger partial charge in [-0.25, -0.2) is 4.68 Å². The summed E-state index contributed by atoms with van der Waals surface area (Å²) in [5.41, 5.74) is 0.813. The third-order valence-corrected chi connectivity index (χ3v) is 5.45. The van der Waals surface area contributed by atoms with Gasteiger partial charge in [-0.1, -0.05) is 6.07 Å². The van der Waals surface area contributed by atoms with E-state index in [0.717, 1.165) is 29.8 Å². The maximum atomic E-state index is 12.6. The number of carbonyl (C=O) groups excluding carboxylic acids is 1. The molecule has 3 unspecified atom stereocenters. The first-order chi connectivity index (χ1) is 11.2. The number of aromatic nitrogens is 2. The molecule has 0 radical (unpaired) electrons. The number of anilines is 1. The van der Waals surface area contributed by atoms with Crippen LogP contribution < -0.4 is 5.32 Å². The fourth-order valence-corrected chi connectivity index (χ4v) is 4.14. The minimum Gasteiger partial charge on any atom is -0.394 e. The summed E-state index contributed by atoms with van der Waals surface area (Å²) in [5.74, 6) is 0.556. The number of nitrogens with one attached hydrogen (secondary N) is 1. The van der Waals surface area contributed by atoms with Gasteiger partial charge in [-0.15, -0.1) is 11.3 Å². The van der Waals surface area contributed by atoms with E-state index >= 15 is 0 Å². The molecule has 3 atom stereocenters. The number of aliphatic hydroxyl groups excluding tert-OH is 1. The number of aliphatic hydroxyl groups is 1. The summed E-state index contributed by atoms with van der Waals surface area (Å²) in [4.78, 5) is 13.6. The van der Waals surface area contributed by atoms with Crippen molar-refractivity contribution in [3.63, 3.8) is 0 Å². The van der Waals surface area contributed by atoms with Gasteiger partial charge in [0.1, 0.15) is 11.5 Å². The molecular weight excluding hydrogens is 314 g/mol. The van der Waals surface area contributed by atoms with E-state index in [2.05, 4.69) is 10.4 Å². The molecule has 2 aliphatic heterocycles. The first-order valence-corrected chi connectivity index (χ1v) is 8.81. The Hall–Kier alpha value is -1.70. The summed E-state index contributed by atoms with van der Waals surface area (Å²) in [7, 11) is 0. The molecule has 2 saturated heterocycles. The first-order valence-electron chi connectivity index (χ1n) is 7.93. The molecule has 1 amide bonds. The summed E-state index contributed by atoms with van der Waals surface area (Å²) in [5, 5.41) is 18.7. The van der Waals surface area contributed by atoms with Crippen LogP contribution in [-0.4, -0.2) is 39.6 Å². The molecule has 0 aliphatic carbocycles. The number of rotatable bonds is 5. The van der Waals surface area contributed by atoms with Crippen LogP contribution in [0.25, 0.3) is 10.6 Å². The molecule has 2 aromatic rings. The molecule has 2 N–H and O–H groups in total. The van der Waals surface area contributed by atoms with Crippen molar-refractivity contribution in [1.82, 2.24) is 9.78 Å². The van der Waals surface area contributed by atoms with E-state index in [0.29, 0.717) is 12.4 Å².